The van der Waals surface area contributed by atoms with Crippen molar-refractivity contribution in [3.63, 3.8) is 0 Å². The Morgan fingerprint density at radius 3 is 2.56 bits per heavy atom. The molecule has 16 heavy (non-hydrogen) atoms. The molecule has 86 valence electrons. The topological polar surface area (TPSA) is 44.9 Å². The number of hydrogen-bond acceptors (Lipinski definition) is 3. The lowest BCUT2D eigenvalue weighted by Gasteiger charge is -2.29. The fraction of sp³-hybridized carbons (Fsp3) is 0.667. The van der Waals surface area contributed by atoms with Crippen molar-refractivity contribution in [2.45, 2.75) is 32.2 Å². The van der Waals surface area contributed by atoms with E-state index >= 15 is 0 Å². The molecule has 1 unspecified atom stereocenters. The molecule has 0 radical (unpaired) electrons. The van der Waals surface area contributed by atoms with Gasteiger partial charge in [-0.3, -0.25) is 4.90 Å². The minimum absolute atomic E-state index is 0.165. The monoisotopic (exact) mass is 218 g/mol. The maximum atomic E-state index is 9.32. The molecule has 0 aliphatic carbocycles. The molecule has 1 aromatic rings. The summed E-state index contributed by atoms with van der Waals surface area (Å²) in [5.41, 5.74) is 2.02. The summed E-state index contributed by atoms with van der Waals surface area (Å²) in [6, 6.07) is 2.23. The third-order valence-electron chi connectivity index (χ3n) is 3.41. The Bertz CT molecular complexity index is 396. The smallest absolute Gasteiger partial charge is 0.142 e. The summed E-state index contributed by atoms with van der Waals surface area (Å²) in [5, 5.41) is 9.32. The van der Waals surface area contributed by atoms with Crippen LogP contribution in [0.3, 0.4) is 0 Å². The van der Waals surface area contributed by atoms with Crippen LogP contribution in [-0.2, 0) is 7.05 Å². The van der Waals surface area contributed by atoms with E-state index < -0.39 is 0 Å². The van der Waals surface area contributed by atoms with Crippen molar-refractivity contribution in [2.75, 3.05) is 13.1 Å². The van der Waals surface area contributed by atoms with E-state index in [1.54, 1.807) is 6.33 Å². The minimum Gasteiger partial charge on any atom is -0.338 e. The van der Waals surface area contributed by atoms with Gasteiger partial charge in [-0.1, -0.05) is 6.42 Å². The number of aryl methyl sites for hydroxylation is 1. The molecule has 1 fully saturated rings. The highest BCUT2D eigenvalue weighted by atomic mass is 15.2. The third kappa shape index (κ3) is 1.96. The van der Waals surface area contributed by atoms with E-state index in [1.807, 2.05) is 18.5 Å². The average molecular weight is 218 g/mol. The van der Waals surface area contributed by atoms with Crippen LogP contribution in [0.15, 0.2) is 6.33 Å². The number of piperidine rings is 1. The Balaban J connectivity index is 2.22. The number of nitriles is 1. The second-order valence-corrected chi connectivity index (χ2v) is 4.45. The zero-order chi connectivity index (χ0) is 11.5. The van der Waals surface area contributed by atoms with Gasteiger partial charge in [0.25, 0.3) is 0 Å². The van der Waals surface area contributed by atoms with Crippen molar-refractivity contribution >= 4 is 0 Å². The van der Waals surface area contributed by atoms with Gasteiger partial charge >= 0.3 is 0 Å². The van der Waals surface area contributed by atoms with Gasteiger partial charge in [0, 0.05) is 12.7 Å². The fourth-order valence-corrected chi connectivity index (χ4v) is 2.27. The molecule has 1 aliphatic heterocycles. The predicted molar refractivity (Wildman–Crippen MR) is 61.7 cm³/mol. The van der Waals surface area contributed by atoms with Crippen LogP contribution in [0, 0.1) is 18.3 Å². The summed E-state index contributed by atoms with van der Waals surface area (Å²) in [6.45, 7) is 4.07. The first-order valence-corrected chi connectivity index (χ1v) is 5.85. The van der Waals surface area contributed by atoms with Crippen molar-refractivity contribution in [3.8, 4) is 6.07 Å². The first kappa shape index (κ1) is 11.2. The van der Waals surface area contributed by atoms with E-state index in [4.69, 9.17) is 0 Å². The molecule has 2 rings (SSSR count). The van der Waals surface area contributed by atoms with Crippen molar-refractivity contribution in [2.24, 2.45) is 7.05 Å². The second kappa shape index (κ2) is 4.67. The van der Waals surface area contributed by atoms with Gasteiger partial charge in [0.15, 0.2) is 0 Å². The van der Waals surface area contributed by atoms with E-state index in [2.05, 4.69) is 16.0 Å². The maximum Gasteiger partial charge on any atom is 0.142 e. The fourth-order valence-electron chi connectivity index (χ4n) is 2.27. The molecule has 0 N–H and O–H groups in total. The molecule has 0 spiro atoms. The van der Waals surface area contributed by atoms with Crippen molar-refractivity contribution in [1.82, 2.24) is 14.5 Å². The molecular formula is C12H18N4. The van der Waals surface area contributed by atoms with Gasteiger partial charge in [-0.15, -0.1) is 0 Å². The van der Waals surface area contributed by atoms with E-state index in [0.717, 1.165) is 24.5 Å². The lowest BCUT2D eigenvalue weighted by molar-refractivity contribution is 0.193. The Morgan fingerprint density at radius 1 is 1.38 bits per heavy atom. The highest BCUT2D eigenvalue weighted by molar-refractivity contribution is 5.21. The summed E-state index contributed by atoms with van der Waals surface area (Å²) in [6.07, 6.45) is 5.48. The number of hydrogen-bond donors (Lipinski definition) is 0. The summed E-state index contributed by atoms with van der Waals surface area (Å²) < 4.78 is 1.98. The molecule has 0 amide bonds. The van der Waals surface area contributed by atoms with Crippen LogP contribution >= 0.6 is 0 Å². The summed E-state index contributed by atoms with van der Waals surface area (Å²) in [5.74, 6) is 0. The number of imidazole rings is 1. The van der Waals surface area contributed by atoms with Crippen molar-refractivity contribution in [3.05, 3.63) is 17.7 Å². The zero-order valence-electron chi connectivity index (χ0n) is 9.98. The molecule has 1 saturated heterocycles. The van der Waals surface area contributed by atoms with Crippen LogP contribution in [0.4, 0.5) is 0 Å². The standard InChI is InChI=1S/C12H18N4/c1-10-12(14-9-15(10)2)11(8-13)16-6-4-3-5-7-16/h9,11H,3-7H2,1-2H3. The molecular weight excluding hydrogens is 200 g/mol. The normalized spacial score (nSPS) is 19.3. The quantitative estimate of drug-likeness (QED) is 0.760. The Kier molecular flexibility index (Phi) is 3.25. The average Bonchev–Trinajstić information content (AvgIpc) is 2.64. The van der Waals surface area contributed by atoms with E-state index in [9.17, 15) is 5.26 Å². The largest absolute Gasteiger partial charge is 0.338 e. The van der Waals surface area contributed by atoms with Crippen molar-refractivity contribution < 1.29 is 0 Å². The molecule has 0 aromatic carbocycles. The predicted octanol–water partition coefficient (Wildman–Crippen LogP) is 1.78. The van der Waals surface area contributed by atoms with Crippen LogP contribution in [0.25, 0.3) is 0 Å². The minimum atomic E-state index is -0.165. The molecule has 0 saturated carbocycles. The van der Waals surface area contributed by atoms with Gasteiger partial charge in [-0.2, -0.15) is 5.26 Å². The van der Waals surface area contributed by atoms with Gasteiger partial charge < -0.3 is 4.57 Å². The number of aromatic nitrogens is 2. The lowest BCUT2D eigenvalue weighted by Crippen LogP contribution is -2.33. The Morgan fingerprint density at radius 2 is 2.06 bits per heavy atom. The molecule has 0 bridgehead atoms. The lowest BCUT2D eigenvalue weighted by atomic mass is 10.1. The van der Waals surface area contributed by atoms with Crippen molar-refractivity contribution in [1.29, 1.82) is 5.26 Å². The van der Waals surface area contributed by atoms with Crippen LogP contribution in [0.2, 0.25) is 0 Å². The van der Waals surface area contributed by atoms with Crippen LogP contribution < -0.4 is 0 Å². The second-order valence-electron chi connectivity index (χ2n) is 4.45. The zero-order valence-corrected chi connectivity index (χ0v) is 9.98. The van der Waals surface area contributed by atoms with E-state index in [-0.39, 0.29) is 6.04 Å². The van der Waals surface area contributed by atoms with Crippen LogP contribution in [0.1, 0.15) is 36.7 Å². The summed E-state index contributed by atoms with van der Waals surface area (Å²) >= 11 is 0. The van der Waals surface area contributed by atoms with Gasteiger partial charge in [0.2, 0.25) is 0 Å². The molecule has 2 heterocycles. The number of nitrogens with zero attached hydrogens (tertiary/aromatic N) is 4. The van der Waals surface area contributed by atoms with Crippen LogP contribution in [0.5, 0.6) is 0 Å². The number of likely N-dealkylation sites (tertiary alicyclic amines) is 1. The summed E-state index contributed by atoms with van der Waals surface area (Å²) in [7, 11) is 1.97. The van der Waals surface area contributed by atoms with E-state index in [0.29, 0.717) is 0 Å². The maximum absolute atomic E-state index is 9.32. The Hall–Kier alpha value is -1.34. The van der Waals surface area contributed by atoms with E-state index in [1.165, 1.54) is 19.3 Å². The molecule has 1 aliphatic rings. The SMILES string of the molecule is Cc1c(C(C#N)N2CCCCC2)ncn1C. The summed E-state index contributed by atoms with van der Waals surface area (Å²) in [4.78, 5) is 6.61. The third-order valence-corrected chi connectivity index (χ3v) is 3.41. The van der Waals surface area contributed by atoms with Crippen LogP contribution in [-0.4, -0.2) is 27.5 Å². The molecule has 1 atom stereocenters. The highest BCUT2D eigenvalue weighted by Crippen LogP contribution is 2.24. The van der Waals surface area contributed by atoms with Gasteiger partial charge in [0.05, 0.1) is 18.1 Å². The first-order valence-electron chi connectivity index (χ1n) is 5.85. The Labute approximate surface area is 96.5 Å². The number of rotatable bonds is 2. The van der Waals surface area contributed by atoms with Gasteiger partial charge in [-0.05, 0) is 32.9 Å². The molecule has 4 nitrogen and oxygen atoms in total. The molecule has 4 heteroatoms. The van der Waals surface area contributed by atoms with Gasteiger partial charge in [-0.25, -0.2) is 4.98 Å². The molecule has 1 aromatic heterocycles. The van der Waals surface area contributed by atoms with Gasteiger partial charge in [0.1, 0.15) is 6.04 Å². The highest BCUT2D eigenvalue weighted by Gasteiger charge is 2.25. The first-order chi connectivity index (χ1) is 7.74.